The van der Waals surface area contributed by atoms with Crippen molar-refractivity contribution < 1.29 is 19.0 Å². The average Bonchev–Trinajstić information content (AvgIpc) is 3.17. The summed E-state index contributed by atoms with van der Waals surface area (Å²) >= 11 is 0. The molecule has 1 heterocycles. The maximum absolute atomic E-state index is 14.5. The van der Waals surface area contributed by atoms with E-state index in [0.29, 0.717) is 25.4 Å². The van der Waals surface area contributed by atoms with E-state index < -0.39 is 11.9 Å². The van der Waals surface area contributed by atoms with Crippen molar-refractivity contribution in [3.05, 3.63) is 71.7 Å². The summed E-state index contributed by atoms with van der Waals surface area (Å²) in [5.74, 6) is 2.54. The number of hydrogen-bond acceptors (Lipinski definition) is 5. The summed E-state index contributed by atoms with van der Waals surface area (Å²) in [5, 5.41) is 15.3. The minimum Gasteiger partial charge on any atom is -0.435 e. The molecule has 0 amide bonds. The van der Waals surface area contributed by atoms with Crippen molar-refractivity contribution in [1.29, 1.82) is 0 Å². The zero-order chi connectivity index (χ0) is 24.5. The van der Waals surface area contributed by atoms with Gasteiger partial charge in [0.1, 0.15) is 6.61 Å². The number of benzene rings is 2. The first-order valence-electron chi connectivity index (χ1n) is 11.5. The number of aromatic nitrogens is 2. The molecule has 0 aliphatic heterocycles. The molecule has 0 bridgehead atoms. The van der Waals surface area contributed by atoms with Gasteiger partial charge in [0, 0.05) is 19.1 Å². The predicted molar refractivity (Wildman–Crippen MR) is 131 cm³/mol. The smallest absolute Gasteiger partial charge is 0.227 e. The van der Waals surface area contributed by atoms with Crippen molar-refractivity contribution in [2.45, 2.75) is 45.9 Å². The molecule has 0 fully saturated rings. The number of halogens is 1. The van der Waals surface area contributed by atoms with Gasteiger partial charge in [-0.1, -0.05) is 43.2 Å². The highest BCUT2D eigenvalue weighted by Gasteiger charge is 2.25. The molecule has 3 aromatic rings. The highest BCUT2D eigenvalue weighted by Crippen LogP contribution is 2.33. The first-order chi connectivity index (χ1) is 16.4. The number of aliphatic hydroxyl groups is 1. The SMILES string of the molecule is C#CCOCC(O)CN(Cc1c(CC)nn(-c2ccccc2)c1Oc1ccccc1F)C(C)C. The predicted octanol–water partition coefficient (Wildman–Crippen LogP) is 4.59. The number of nitrogens with zero attached hydrogens (tertiary/aromatic N) is 3. The molecule has 1 N–H and O–H groups in total. The van der Waals surface area contributed by atoms with Gasteiger partial charge in [-0.2, -0.15) is 5.10 Å². The molecular formula is C27H32FN3O3. The Morgan fingerprint density at radius 1 is 1.15 bits per heavy atom. The lowest BCUT2D eigenvalue weighted by atomic mass is 10.1. The van der Waals surface area contributed by atoms with Crippen molar-refractivity contribution in [2.75, 3.05) is 19.8 Å². The Bertz CT molecular complexity index is 1090. The summed E-state index contributed by atoms with van der Waals surface area (Å²) in [6, 6.07) is 16.1. The van der Waals surface area contributed by atoms with Crippen LogP contribution in [0.3, 0.4) is 0 Å². The van der Waals surface area contributed by atoms with E-state index in [1.54, 1.807) is 22.9 Å². The summed E-state index contributed by atoms with van der Waals surface area (Å²) in [7, 11) is 0. The minimum atomic E-state index is -0.707. The largest absolute Gasteiger partial charge is 0.435 e. The van der Waals surface area contributed by atoms with Crippen LogP contribution in [0, 0.1) is 18.2 Å². The number of para-hydroxylation sites is 2. The number of aryl methyl sites for hydroxylation is 1. The summed E-state index contributed by atoms with van der Waals surface area (Å²) in [6.45, 7) is 7.28. The fraction of sp³-hybridized carbons (Fsp3) is 0.370. The molecule has 0 saturated heterocycles. The maximum Gasteiger partial charge on any atom is 0.227 e. The van der Waals surface area contributed by atoms with Gasteiger partial charge in [0.25, 0.3) is 0 Å². The third kappa shape index (κ3) is 6.45. The Labute approximate surface area is 200 Å². The number of hydrogen-bond donors (Lipinski definition) is 1. The Morgan fingerprint density at radius 3 is 2.50 bits per heavy atom. The number of rotatable bonds is 12. The van der Waals surface area contributed by atoms with E-state index in [4.69, 9.17) is 21.0 Å². The molecule has 1 aromatic heterocycles. The molecule has 0 aliphatic rings. The van der Waals surface area contributed by atoms with E-state index in [-0.39, 0.29) is 25.0 Å². The van der Waals surface area contributed by atoms with Crippen LogP contribution in [0.25, 0.3) is 5.69 Å². The third-order valence-electron chi connectivity index (χ3n) is 5.43. The normalized spacial score (nSPS) is 12.2. The molecule has 180 valence electrons. The summed E-state index contributed by atoms with van der Waals surface area (Å²) in [4.78, 5) is 2.11. The molecule has 0 radical (unpaired) electrons. The second-order valence-electron chi connectivity index (χ2n) is 8.26. The minimum absolute atomic E-state index is 0.119. The zero-order valence-electron chi connectivity index (χ0n) is 19.9. The monoisotopic (exact) mass is 465 g/mol. The van der Waals surface area contributed by atoms with Gasteiger partial charge >= 0.3 is 0 Å². The number of terminal acetylenes is 1. The Hall–Kier alpha value is -3.18. The van der Waals surface area contributed by atoms with Crippen LogP contribution in [0.5, 0.6) is 11.6 Å². The van der Waals surface area contributed by atoms with Crippen molar-refractivity contribution >= 4 is 0 Å². The second kappa shape index (κ2) is 12.3. The van der Waals surface area contributed by atoms with Crippen LogP contribution < -0.4 is 4.74 Å². The van der Waals surface area contributed by atoms with Gasteiger partial charge in [-0.05, 0) is 44.5 Å². The number of ether oxygens (including phenoxy) is 2. The van der Waals surface area contributed by atoms with Gasteiger partial charge in [-0.15, -0.1) is 6.42 Å². The highest BCUT2D eigenvalue weighted by atomic mass is 19.1. The maximum atomic E-state index is 14.5. The van der Waals surface area contributed by atoms with Gasteiger partial charge in [0.2, 0.25) is 5.88 Å². The molecular weight excluding hydrogens is 433 g/mol. The molecule has 1 unspecified atom stereocenters. The van der Waals surface area contributed by atoms with Crippen molar-refractivity contribution in [2.24, 2.45) is 0 Å². The topological polar surface area (TPSA) is 59.8 Å². The van der Waals surface area contributed by atoms with Crippen molar-refractivity contribution in [3.8, 4) is 29.7 Å². The fourth-order valence-corrected chi connectivity index (χ4v) is 3.64. The standard InChI is InChI=1S/C27H32FN3O3/c1-5-16-33-19-22(32)17-30(20(3)4)18-23-25(6-2)29-31(21-12-8-7-9-13-21)27(23)34-26-15-11-10-14-24(26)28/h1,7-15,20,22,32H,6,16-19H2,2-4H3. The van der Waals surface area contributed by atoms with Gasteiger partial charge in [-0.3, -0.25) is 4.90 Å². The summed E-state index contributed by atoms with van der Waals surface area (Å²) < 4.78 is 27.7. The van der Waals surface area contributed by atoms with E-state index in [9.17, 15) is 9.50 Å². The van der Waals surface area contributed by atoms with E-state index in [1.807, 2.05) is 37.3 Å². The van der Waals surface area contributed by atoms with Gasteiger partial charge in [0.15, 0.2) is 11.6 Å². The number of aliphatic hydroxyl groups excluding tert-OH is 1. The molecule has 0 saturated carbocycles. The van der Waals surface area contributed by atoms with E-state index >= 15 is 0 Å². The van der Waals surface area contributed by atoms with Crippen LogP contribution in [-0.2, 0) is 17.7 Å². The Kier molecular flexibility index (Phi) is 9.23. The van der Waals surface area contributed by atoms with Crippen molar-refractivity contribution in [3.63, 3.8) is 0 Å². The third-order valence-corrected chi connectivity index (χ3v) is 5.43. The molecule has 7 heteroatoms. The van der Waals surface area contributed by atoms with Crippen LogP contribution in [0.1, 0.15) is 32.0 Å². The first-order valence-corrected chi connectivity index (χ1v) is 11.5. The van der Waals surface area contributed by atoms with E-state index in [1.165, 1.54) is 6.07 Å². The second-order valence-corrected chi connectivity index (χ2v) is 8.26. The fourth-order valence-electron chi connectivity index (χ4n) is 3.64. The van der Waals surface area contributed by atoms with Crippen LogP contribution in [0.2, 0.25) is 0 Å². The van der Waals surface area contributed by atoms with Crippen LogP contribution in [0.4, 0.5) is 4.39 Å². The van der Waals surface area contributed by atoms with Gasteiger partial charge in [0.05, 0.1) is 29.7 Å². The van der Waals surface area contributed by atoms with Crippen LogP contribution in [-0.4, -0.2) is 51.7 Å². The average molecular weight is 466 g/mol. The Balaban J connectivity index is 1.99. The summed E-state index contributed by atoms with van der Waals surface area (Å²) in [6.07, 6.45) is 5.18. The molecule has 34 heavy (non-hydrogen) atoms. The molecule has 2 aromatic carbocycles. The van der Waals surface area contributed by atoms with Crippen LogP contribution in [0.15, 0.2) is 54.6 Å². The van der Waals surface area contributed by atoms with Gasteiger partial charge in [-0.25, -0.2) is 9.07 Å². The Morgan fingerprint density at radius 2 is 1.85 bits per heavy atom. The molecule has 0 aliphatic carbocycles. The lowest BCUT2D eigenvalue weighted by Gasteiger charge is -2.29. The zero-order valence-corrected chi connectivity index (χ0v) is 19.9. The van der Waals surface area contributed by atoms with E-state index in [2.05, 4.69) is 24.7 Å². The molecule has 3 rings (SSSR count). The quantitative estimate of drug-likeness (QED) is 0.313. The lowest BCUT2D eigenvalue weighted by molar-refractivity contribution is 0.0190. The van der Waals surface area contributed by atoms with E-state index in [0.717, 1.165) is 16.9 Å². The van der Waals surface area contributed by atoms with Gasteiger partial charge < -0.3 is 14.6 Å². The van der Waals surface area contributed by atoms with Crippen molar-refractivity contribution in [1.82, 2.24) is 14.7 Å². The first kappa shape index (κ1) is 25.4. The molecule has 6 nitrogen and oxygen atoms in total. The highest BCUT2D eigenvalue weighted by molar-refractivity contribution is 5.44. The lowest BCUT2D eigenvalue weighted by Crippen LogP contribution is -2.39. The van der Waals surface area contributed by atoms with Crippen LogP contribution >= 0.6 is 0 Å². The summed E-state index contributed by atoms with van der Waals surface area (Å²) in [5.41, 5.74) is 2.51. The molecule has 1 atom stereocenters. The molecule has 0 spiro atoms.